The predicted octanol–water partition coefficient (Wildman–Crippen LogP) is 4.14. The van der Waals surface area contributed by atoms with Crippen molar-refractivity contribution in [2.75, 3.05) is 5.32 Å². The lowest BCUT2D eigenvalue weighted by atomic mass is 10.1. The molecule has 0 aliphatic rings. The second kappa shape index (κ2) is 6.86. The molecule has 122 valence electrons. The molecule has 0 saturated heterocycles. The van der Waals surface area contributed by atoms with E-state index in [-0.39, 0.29) is 11.3 Å². The number of nitrogens with one attached hydrogen (secondary N) is 1. The number of aryl methyl sites for hydroxylation is 1. The van der Waals surface area contributed by atoms with Gasteiger partial charge < -0.3 is 15.5 Å². The molecular formula is C16H19ClN4OS. The van der Waals surface area contributed by atoms with Gasteiger partial charge in [0.2, 0.25) is 5.28 Å². The predicted molar refractivity (Wildman–Crippen MR) is 95.2 cm³/mol. The van der Waals surface area contributed by atoms with Gasteiger partial charge in [0, 0.05) is 10.9 Å². The Morgan fingerprint density at radius 2 is 2.26 bits per heavy atom. The number of fused-ring (bicyclic) bond motifs is 1. The van der Waals surface area contributed by atoms with Gasteiger partial charge in [-0.15, -0.1) is 11.3 Å². The molecule has 0 amide bonds. The third kappa shape index (κ3) is 3.49. The summed E-state index contributed by atoms with van der Waals surface area (Å²) in [6, 6.07) is 3.93. The van der Waals surface area contributed by atoms with Crippen LogP contribution in [0.25, 0.3) is 10.2 Å². The van der Waals surface area contributed by atoms with Crippen LogP contribution in [0, 0.1) is 6.92 Å². The molecule has 0 aliphatic heterocycles. The second-order valence-electron chi connectivity index (χ2n) is 5.47. The molecule has 3 heterocycles. The van der Waals surface area contributed by atoms with E-state index in [2.05, 4.69) is 29.1 Å². The van der Waals surface area contributed by atoms with Crippen molar-refractivity contribution in [3.63, 3.8) is 0 Å². The zero-order chi connectivity index (χ0) is 16.4. The molecule has 0 radical (unpaired) electrons. The zero-order valence-electron chi connectivity index (χ0n) is 13.1. The molecule has 0 spiro atoms. The summed E-state index contributed by atoms with van der Waals surface area (Å²) in [7, 11) is 0. The topological polar surface area (TPSA) is 77.0 Å². The van der Waals surface area contributed by atoms with Crippen molar-refractivity contribution in [1.82, 2.24) is 9.97 Å². The number of hydrogen-bond acceptors (Lipinski definition) is 6. The summed E-state index contributed by atoms with van der Waals surface area (Å²) in [6.07, 6.45) is 3.45. The van der Waals surface area contributed by atoms with Crippen molar-refractivity contribution in [3.05, 3.63) is 39.9 Å². The maximum atomic E-state index is 6.10. The molecule has 7 heteroatoms. The minimum absolute atomic E-state index is 0.157. The van der Waals surface area contributed by atoms with Gasteiger partial charge in [-0.2, -0.15) is 4.98 Å². The van der Waals surface area contributed by atoms with Crippen molar-refractivity contribution in [1.29, 1.82) is 0 Å². The first-order chi connectivity index (χ1) is 11.1. The second-order valence-corrected chi connectivity index (χ2v) is 6.92. The van der Waals surface area contributed by atoms with Gasteiger partial charge >= 0.3 is 0 Å². The van der Waals surface area contributed by atoms with Crippen LogP contribution in [0.5, 0.6) is 0 Å². The van der Waals surface area contributed by atoms with E-state index in [1.54, 1.807) is 17.6 Å². The Morgan fingerprint density at radius 1 is 1.43 bits per heavy atom. The maximum absolute atomic E-state index is 6.10. The fraction of sp³-hybridized carbons (Fsp3) is 0.375. The molecule has 0 saturated carbocycles. The first-order valence-electron chi connectivity index (χ1n) is 7.55. The smallest absolute Gasteiger partial charge is 0.224 e. The lowest BCUT2D eigenvalue weighted by molar-refractivity contribution is 0.518. The van der Waals surface area contributed by atoms with E-state index >= 15 is 0 Å². The average molecular weight is 351 g/mol. The van der Waals surface area contributed by atoms with Crippen molar-refractivity contribution in [3.8, 4) is 0 Å². The van der Waals surface area contributed by atoms with Crippen LogP contribution in [-0.4, -0.2) is 16.0 Å². The highest BCUT2D eigenvalue weighted by Gasteiger charge is 2.17. The van der Waals surface area contributed by atoms with Gasteiger partial charge in [0.25, 0.3) is 0 Å². The number of thiophene rings is 1. The van der Waals surface area contributed by atoms with Gasteiger partial charge in [-0.05, 0) is 49.1 Å². The van der Waals surface area contributed by atoms with Crippen LogP contribution >= 0.6 is 22.9 Å². The van der Waals surface area contributed by atoms with Crippen LogP contribution in [0.15, 0.2) is 22.8 Å². The number of hydrogen-bond donors (Lipinski definition) is 2. The Kier molecular flexibility index (Phi) is 4.84. The average Bonchev–Trinajstić information content (AvgIpc) is 3.15. The molecule has 3 rings (SSSR count). The molecule has 3 N–H and O–H groups in total. The first-order valence-corrected chi connectivity index (χ1v) is 8.75. The molecule has 5 nitrogen and oxygen atoms in total. The summed E-state index contributed by atoms with van der Waals surface area (Å²) < 4.78 is 6.35. The van der Waals surface area contributed by atoms with E-state index in [1.807, 2.05) is 12.1 Å². The summed E-state index contributed by atoms with van der Waals surface area (Å²) in [4.78, 5) is 9.97. The monoisotopic (exact) mass is 350 g/mol. The van der Waals surface area contributed by atoms with Crippen molar-refractivity contribution in [2.24, 2.45) is 5.73 Å². The Balaban J connectivity index is 1.95. The summed E-state index contributed by atoms with van der Waals surface area (Å²) in [5.74, 6) is 1.58. The van der Waals surface area contributed by atoms with E-state index in [0.717, 1.165) is 40.2 Å². The van der Waals surface area contributed by atoms with Gasteiger partial charge in [0.05, 0.1) is 23.0 Å². The van der Waals surface area contributed by atoms with Crippen molar-refractivity contribution in [2.45, 2.75) is 39.3 Å². The largest absolute Gasteiger partial charge is 0.467 e. The number of rotatable bonds is 6. The van der Waals surface area contributed by atoms with Crippen LogP contribution in [-0.2, 0) is 13.0 Å². The highest BCUT2D eigenvalue weighted by Crippen LogP contribution is 2.35. The summed E-state index contributed by atoms with van der Waals surface area (Å²) in [5.41, 5.74) is 8.14. The number of anilines is 1. The van der Waals surface area contributed by atoms with Gasteiger partial charge in [0.15, 0.2) is 0 Å². The molecule has 0 aromatic carbocycles. The Morgan fingerprint density at radius 3 is 2.96 bits per heavy atom. The SMILES string of the molecule is CC[C@H](N)Cc1sc2c(NCc3ccco3)nc(Cl)nc2c1C. The molecule has 0 bridgehead atoms. The van der Waals surface area contributed by atoms with Crippen molar-refractivity contribution >= 4 is 39.0 Å². The molecule has 3 aromatic rings. The van der Waals surface area contributed by atoms with Gasteiger partial charge in [-0.25, -0.2) is 4.98 Å². The molecule has 0 unspecified atom stereocenters. The van der Waals surface area contributed by atoms with E-state index in [1.165, 1.54) is 4.88 Å². The van der Waals surface area contributed by atoms with E-state index < -0.39 is 0 Å². The first kappa shape index (κ1) is 16.2. The van der Waals surface area contributed by atoms with Crippen LogP contribution in [0.3, 0.4) is 0 Å². The van der Waals surface area contributed by atoms with E-state index in [9.17, 15) is 0 Å². The number of nitrogens with two attached hydrogens (primary N) is 1. The quantitative estimate of drug-likeness (QED) is 0.653. The summed E-state index contributed by atoms with van der Waals surface area (Å²) in [6.45, 7) is 4.72. The molecular weight excluding hydrogens is 332 g/mol. The van der Waals surface area contributed by atoms with Crippen LogP contribution < -0.4 is 11.1 Å². The normalized spacial score (nSPS) is 12.7. The summed E-state index contributed by atoms with van der Waals surface area (Å²) in [5, 5.41) is 3.53. The zero-order valence-corrected chi connectivity index (χ0v) is 14.7. The number of halogens is 1. The van der Waals surface area contributed by atoms with Crippen LogP contribution in [0.2, 0.25) is 5.28 Å². The summed E-state index contributed by atoms with van der Waals surface area (Å²) >= 11 is 7.78. The van der Waals surface area contributed by atoms with E-state index in [0.29, 0.717) is 6.54 Å². The molecule has 0 aliphatic carbocycles. The van der Waals surface area contributed by atoms with Gasteiger partial charge in [-0.1, -0.05) is 6.92 Å². The standard InChI is InChI=1S/C16H19ClN4OS/c1-3-10(18)7-12-9(2)13-14(23-12)15(21-16(17)20-13)19-8-11-5-4-6-22-11/h4-6,10H,3,7-8,18H2,1-2H3,(H,19,20,21)/t10-/m0/s1. The van der Waals surface area contributed by atoms with Gasteiger partial charge in [-0.3, -0.25) is 0 Å². The molecule has 3 aromatic heterocycles. The Labute approximate surface area is 143 Å². The van der Waals surface area contributed by atoms with Crippen LogP contribution in [0.1, 0.15) is 29.5 Å². The fourth-order valence-corrected chi connectivity index (χ4v) is 3.86. The minimum atomic E-state index is 0.157. The Bertz CT molecular complexity index is 800. The number of furan rings is 1. The third-order valence-electron chi connectivity index (χ3n) is 3.82. The highest BCUT2D eigenvalue weighted by atomic mass is 35.5. The molecule has 1 atom stereocenters. The fourth-order valence-electron chi connectivity index (χ4n) is 2.39. The molecule has 23 heavy (non-hydrogen) atoms. The highest BCUT2D eigenvalue weighted by molar-refractivity contribution is 7.19. The minimum Gasteiger partial charge on any atom is -0.467 e. The van der Waals surface area contributed by atoms with Crippen LogP contribution in [0.4, 0.5) is 5.82 Å². The molecule has 0 fully saturated rings. The number of aromatic nitrogens is 2. The van der Waals surface area contributed by atoms with Crippen molar-refractivity contribution < 1.29 is 4.42 Å². The van der Waals surface area contributed by atoms with Gasteiger partial charge in [0.1, 0.15) is 11.6 Å². The lowest BCUT2D eigenvalue weighted by Crippen LogP contribution is -2.21. The third-order valence-corrected chi connectivity index (χ3v) is 5.30. The maximum Gasteiger partial charge on any atom is 0.224 e. The Hall–Kier alpha value is -1.63. The number of nitrogens with zero attached hydrogens (tertiary/aromatic N) is 2. The van der Waals surface area contributed by atoms with E-state index in [4.69, 9.17) is 21.8 Å². The lowest BCUT2D eigenvalue weighted by Gasteiger charge is -2.06.